The van der Waals surface area contributed by atoms with Crippen LogP contribution < -0.4 is 10.6 Å². The highest BCUT2D eigenvalue weighted by Crippen LogP contribution is 2.16. The molecule has 104 valence electrons. The summed E-state index contributed by atoms with van der Waals surface area (Å²) in [5, 5.41) is 6.01. The fourth-order valence-electron chi connectivity index (χ4n) is 2.15. The number of hydrogen-bond donors (Lipinski definition) is 2. The normalized spacial score (nSPS) is 22.8. The van der Waals surface area contributed by atoms with Crippen LogP contribution in [0.25, 0.3) is 0 Å². The number of carbonyl (C=O) groups excluding carboxylic acids is 1. The second-order valence-corrected chi connectivity index (χ2v) is 6.41. The zero-order valence-corrected chi connectivity index (χ0v) is 12.0. The molecular weight excluding hydrogens is 262 g/mol. The van der Waals surface area contributed by atoms with E-state index < -0.39 is 10.8 Å². The first-order chi connectivity index (χ1) is 9.10. The minimum atomic E-state index is -0.705. The fraction of sp³-hybridized carbons (Fsp3) is 0.538. The fourth-order valence-corrected chi connectivity index (χ4v) is 3.45. The summed E-state index contributed by atoms with van der Waals surface area (Å²) < 4.78 is 11.3. The van der Waals surface area contributed by atoms with Crippen LogP contribution >= 0.6 is 0 Å². The molecular formula is C13H19N3O2S. The van der Waals surface area contributed by atoms with Crippen LogP contribution in [0, 0.1) is 6.92 Å². The second-order valence-electron chi connectivity index (χ2n) is 4.72. The number of nitrogens with one attached hydrogen (secondary N) is 2. The summed E-state index contributed by atoms with van der Waals surface area (Å²) in [6.45, 7) is 1.89. The number of aryl methyl sites for hydroxylation is 1. The van der Waals surface area contributed by atoms with Crippen molar-refractivity contribution in [2.45, 2.75) is 25.8 Å². The maximum absolute atomic E-state index is 12.2. The number of rotatable bonds is 3. The Morgan fingerprint density at radius 3 is 2.74 bits per heavy atom. The summed E-state index contributed by atoms with van der Waals surface area (Å²) in [6, 6.07) is 1.97. The lowest BCUT2D eigenvalue weighted by Gasteiger charge is -2.23. The smallest absolute Gasteiger partial charge is 0.255 e. The van der Waals surface area contributed by atoms with Gasteiger partial charge in [-0.15, -0.1) is 0 Å². The van der Waals surface area contributed by atoms with Gasteiger partial charge in [-0.1, -0.05) is 0 Å². The van der Waals surface area contributed by atoms with Crippen LogP contribution in [0.4, 0.5) is 5.69 Å². The molecule has 1 aliphatic heterocycles. The Bertz CT molecular complexity index is 495. The zero-order chi connectivity index (χ0) is 13.8. The number of nitrogens with zero attached hydrogens (tertiary/aromatic N) is 1. The second kappa shape index (κ2) is 6.14. The van der Waals surface area contributed by atoms with Crippen LogP contribution in [0.3, 0.4) is 0 Å². The highest BCUT2D eigenvalue weighted by atomic mass is 32.2. The molecule has 1 saturated heterocycles. The van der Waals surface area contributed by atoms with E-state index >= 15 is 0 Å². The Morgan fingerprint density at radius 2 is 2.11 bits per heavy atom. The molecule has 0 unspecified atom stereocenters. The molecule has 1 aliphatic rings. The van der Waals surface area contributed by atoms with Crippen LogP contribution in [0.15, 0.2) is 12.3 Å². The van der Waals surface area contributed by atoms with Crippen molar-refractivity contribution in [3.8, 4) is 0 Å². The van der Waals surface area contributed by atoms with Crippen molar-refractivity contribution in [2.75, 3.05) is 23.9 Å². The third-order valence-electron chi connectivity index (χ3n) is 3.28. The molecule has 1 aromatic heterocycles. The van der Waals surface area contributed by atoms with E-state index in [1.165, 1.54) is 0 Å². The first-order valence-corrected chi connectivity index (χ1v) is 7.89. The molecule has 0 aliphatic carbocycles. The van der Waals surface area contributed by atoms with E-state index in [4.69, 9.17) is 0 Å². The van der Waals surface area contributed by atoms with Crippen molar-refractivity contribution in [2.24, 2.45) is 0 Å². The molecule has 19 heavy (non-hydrogen) atoms. The summed E-state index contributed by atoms with van der Waals surface area (Å²) >= 11 is 0. The molecule has 1 fully saturated rings. The predicted octanol–water partition coefficient (Wildman–Crippen LogP) is 1.07. The Morgan fingerprint density at radius 1 is 1.42 bits per heavy atom. The molecule has 0 radical (unpaired) electrons. The van der Waals surface area contributed by atoms with Gasteiger partial charge in [-0.3, -0.25) is 14.0 Å². The van der Waals surface area contributed by atoms with E-state index in [2.05, 4.69) is 15.6 Å². The number of hydrogen-bond acceptors (Lipinski definition) is 4. The van der Waals surface area contributed by atoms with Crippen LogP contribution in [-0.4, -0.2) is 39.7 Å². The number of pyridine rings is 1. The molecule has 6 heteroatoms. The van der Waals surface area contributed by atoms with Crippen LogP contribution in [0.5, 0.6) is 0 Å². The van der Waals surface area contributed by atoms with Crippen LogP contribution in [0.2, 0.25) is 0 Å². The minimum absolute atomic E-state index is 0.116. The minimum Gasteiger partial charge on any atom is -0.387 e. The van der Waals surface area contributed by atoms with Crippen molar-refractivity contribution in [1.29, 1.82) is 0 Å². The van der Waals surface area contributed by atoms with Crippen molar-refractivity contribution in [3.63, 3.8) is 0 Å². The van der Waals surface area contributed by atoms with Gasteiger partial charge < -0.3 is 10.6 Å². The predicted molar refractivity (Wildman–Crippen MR) is 76.9 cm³/mol. The van der Waals surface area contributed by atoms with E-state index in [1.807, 2.05) is 13.0 Å². The first-order valence-electron chi connectivity index (χ1n) is 6.40. The van der Waals surface area contributed by atoms with Gasteiger partial charge in [0.2, 0.25) is 0 Å². The molecule has 1 aromatic rings. The van der Waals surface area contributed by atoms with Gasteiger partial charge in [-0.05, 0) is 25.8 Å². The van der Waals surface area contributed by atoms with E-state index in [0.29, 0.717) is 17.1 Å². The van der Waals surface area contributed by atoms with Gasteiger partial charge in [0, 0.05) is 47.3 Å². The Hall–Kier alpha value is -1.43. The summed E-state index contributed by atoms with van der Waals surface area (Å²) in [6.07, 6.45) is 3.16. The number of aromatic nitrogens is 1. The third-order valence-corrected chi connectivity index (χ3v) is 4.66. The van der Waals surface area contributed by atoms with Crippen molar-refractivity contribution >= 4 is 22.4 Å². The molecule has 1 amide bonds. The third kappa shape index (κ3) is 3.53. The maximum atomic E-state index is 12.2. The molecule has 0 spiro atoms. The molecule has 2 rings (SSSR count). The lowest BCUT2D eigenvalue weighted by molar-refractivity contribution is 0.0935. The SMILES string of the molecule is CNc1cc(C)ncc1C(=O)NC1CCS(=O)CC1. The molecule has 0 aromatic carbocycles. The van der Waals surface area contributed by atoms with E-state index in [0.717, 1.165) is 24.2 Å². The summed E-state index contributed by atoms with van der Waals surface area (Å²) in [4.78, 5) is 16.4. The van der Waals surface area contributed by atoms with Crippen molar-refractivity contribution in [1.82, 2.24) is 10.3 Å². The van der Waals surface area contributed by atoms with E-state index in [1.54, 1.807) is 13.2 Å². The van der Waals surface area contributed by atoms with Crippen LogP contribution in [0.1, 0.15) is 28.9 Å². The summed E-state index contributed by atoms with van der Waals surface area (Å²) in [7, 11) is 1.08. The first kappa shape index (κ1) is 14.0. The van der Waals surface area contributed by atoms with Gasteiger partial charge in [-0.2, -0.15) is 0 Å². The van der Waals surface area contributed by atoms with E-state index in [-0.39, 0.29) is 11.9 Å². The topological polar surface area (TPSA) is 71.1 Å². The van der Waals surface area contributed by atoms with Gasteiger partial charge in [-0.25, -0.2) is 0 Å². The monoisotopic (exact) mass is 281 g/mol. The molecule has 2 heterocycles. The van der Waals surface area contributed by atoms with Gasteiger partial charge in [0.15, 0.2) is 0 Å². The number of carbonyl (C=O) groups is 1. The molecule has 2 N–H and O–H groups in total. The molecule has 5 nitrogen and oxygen atoms in total. The number of amides is 1. The van der Waals surface area contributed by atoms with Gasteiger partial charge in [0.1, 0.15) is 0 Å². The molecule has 0 bridgehead atoms. The summed E-state index contributed by atoms with van der Waals surface area (Å²) in [5.74, 6) is 1.24. The lowest BCUT2D eigenvalue weighted by atomic mass is 10.1. The van der Waals surface area contributed by atoms with Gasteiger partial charge in [0.25, 0.3) is 5.91 Å². The Balaban J connectivity index is 2.05. The number of anilines is 1. The molecule has 0 saturated carbocycles. The van der Waals surface area contributed by atoms with Gasteiger partial charge >= 0.3 is 0 Å². The van der Waals surface area contributed by atoms with E-state index in [9.17, 15) is 9.00 Å². The average Bonchev–Trinajstić information content (AvgIpc) is 2.41. The Kier molecular flexibility index (Phi) is 4.52. The van der Waals surface area contributed by atoms with Crippen LogP contribution in [-0.2, 0) is 10.8 Å². The highest BCUT2D eigenvalue weighted by molar-refractivity contribution is 7.85. The summed E-state index contributed by atoms with van der Waals surface area (Å²) in [5.41, 5.74) is 2.21. The standard InChI is InChI=1S/C13H19N3O2S/c1-9-7-12(14-2)11(8-15-9)13(17)16-10-3-5-19(18)6-4-10/h7-8,10H,3-6H2,1-2H3,(H,14,15)(H,16,17). The molecule has 0 atom stereocenters. The van der Waals surface area contributed by atoms with Crippen molar-refractivity contribution in [3.05, 3.63) is 23.5 Å². The maximum Gasteiger partial charge on any atom is 0.255 e. The zero-order valence-electron chi connectivity index (χ0n) is 11.2. The Labute approximate surface area is 115 Å². The lowest BCUT2D eigenvalue weighted by Crippen LogP contribution is -2.39. The van der Waals surface area contributed by atoms with Crippen molar-refractivity contribution < 1.29 is 9.00 Å². The highest BCUT2D eigenvalue weighted by Gasteiger charge is 2.21. The average molecular weight is 281 g/mol. The largest absolute Gasteiger partial charge is 0.387 e. The quantitative estimate of drug-likeness (QED) is 0.869. The van der Waals surface area contributed by atoms with Gasteiger partial charge in [0.05, 0.1) is 11.3 Å².